The number of fused-ring (bicyclic) bond motifs is 1. The van der Waals surface area contributed by atoms with Crippen LogP contribution < -0.4 is 10.7 Å². The van der Waals surface area contributed by atoms with E-state index in [1.54, 1.807) is 19.1 Å². The summed E-state index contributed by atoms with van der Waals surface area (Å²) in [4.78, 5) is 23.5. The van der Waals surface area contributed by atoms with Gasteiger partial charge in [-0.3, -0.25) is 9.59 Å². The number of amides is 2. The maximum atomic E-state index is 11.8. The molecule has 6 nitrogen and oxygen atoms in total. The lowest BCUT2D eigenvalue weighted by molar-refractivity contribution is -0.139. The van der Waals surface area contributed by atoms with Crippen LogP contribution in [0.4, 0.5) is 0 Å². The summed E-state index contributed by atoms with van der Waals surface area (Å²) in [5.41, 5.74) is 3.74. The molecular formula is C19H17N3O3. The average molecular weight is 335 g/mol. The van der Waals surface area contributed by atoms with E-state index in [1.807, 2.05) is 42.5 Å². The van der Waals surface area contributed by atoms with Crippen molar-refractivity contribution in [2.45, 2.75) is 13.5 Å². The van der Waals surface area contributed by atoms with Gasteiger partial charge in [-0.2, -0.15) is 5.10 Å². The van der Waals surface area contributed by atoms with Crippen LogP contribution in [0.2, 0.25) is 0 Å². The molecule has 0 aliphatic carbocycles. The zero-order chi connectivity index (χ0) is 17.6. The quantitative estimate of drug-likeness (QED) is 0.437. The van der Waals surface area contributed by atoms with E-state index in [4.69, 9.17) is 4.42 Å². The van der Waals surface area contributed by atoms with Crippen molar-refractivity contribution in [1.29, 1.82) is 0 Å². The number of carbonyl (C=O) groups is 2. The lowest BCUT2D eigenvalue weighted by Gasteiger charge is -2.05. The minimum absolute atomic E-state index is 0.145. The van der Waals surface area contributed by atoms with E-state index in [0.29, 0.717) is 11.5 Å². The van der Waals surface area contributed by atoms with Gasteiger partial charge in [0, 0.05) is 0 Å². The van der Waals surface area contributed by atoms with E-state index in [2.05, 4.69) is 15.8 Å². The van der Waals surface area contributed by atoms with E-state index in [-0.39, 0.29) is 6.54 Å². The molecule has 2 aromatic carbocycles. The largest absolute Gasteiger partial charge is 0.467 e. The maximum absolute atomic E-state index is 11.8. The van der Waals surface area contributed by atoms with Crippen molar-refractivity contribution in [3.63, 3.8) is 0 Å². The summed E-state index contributed by atoms with van der Waals surface area (Å²) in [7, 11) is 0. The second-order valence-electron chi connectivity index (χ2n) is 5.46. The van der Waals surface area contributed by atoms with Crippen LogP contribution in [0.25, 0.3) is 10.8 Å². The smallest absolute Gasteiger partial charge is 0.329 e. The van der Waals surface area contributed by atoms with Gasteiger partial charge in [-0.05, 0) is 41.5 Å². The lowest BCUT2D eigenvalue weighted by atomic mass is 10.0. The fourth-order valence-corrected chi connectivity index (χ4v) is 2.33. The summed E-state index contributed by atoms with van der Waals surface area (Å²) in [5, 5.41) is 8.66. The highest BCUT2D eigenvalue weighted by atomic mass is 16.3. The molecule has 0 bridgehead atoms. The zero-order valence-electron chi connectivity index (χ0n) is 13.7. The van der Waals surface area contributed by atoms with Gasteiger partial charge in [-0.15, -0.1) is 0 Å². The number of furan rings is 1. The molecule has 2 N–H and O–H groups in total. The van der Waals surface area contributed by atoms with Gasteiger partial charge < -0.3 is 9.73 Å². The molecule has 0 spiro atoms. The molecule has 2 amide bonds. The van der Waals surface area contributed by atoms with Crippen molar-refractivity contribution in [3.05, 3.63) is 72.2 Å². The number of rotatable bonds is 4. The van der Waals surface area contributed by atoms with Gasteiger partial charge in [0.25, 0.3) is 0 Å². The monoisotopic (exact) mass is 335 g/mol. The molecule has 0 saturated carbocycles. The second kappa shape index (κ2) is 7.44. The minimum Gasteiger partial charge on any atom is -0.467 e. The molecule has 1 heterocycles. The fourth-order valence-electron chi connectivity index (χ4n) is 2.33. The highest BCUT2D eigenvalue weighted by Gasteiger charge is 2.13. The van der Waals surface area contributed by atoms with Gasteiger partial charge in [0.1, 0.15) is 5.76 Å². The van der Waals surface area contributed by atoms with Crippen molar-refractivity contribution in [3.8, 4) is 0 Å². The molecule has 126 valence electrons. The Labute approximate surface area is 144 Å². The van der Waals surface area contributed by atoms with Crippen molar-refractivity contribution in [2.24, 2.45) is 5.10 Å². The van der Waals surface area contributed by atoms with Crippen LogP contribution >= 0.6 is 0 Å². The number of hydrazone groups is 1. The predicted octanol–water partition coefficient (Wildman–Crippen LogP) is 2.59. The average Bonchev–Trinajstić information content (AvgIpc) is 3.17. The van der Waals surface area contributed by atoms with E-state index in [1.165, 1.54) is 6.26 Å². The van der Waals surface area contributed by atoms with Gasteiger partial charge in [-0.25, -0.2) is 5.43 Å². The molecule has 0 aliphatic rings. The Morgan fingerprint density at radius 3 is 2.56 bits per heavy atom. The first-order valence-electron chi connectivity index (χ1n) is 7.77. The van der Waals surface area contributed by atoms with E-state index < -0.39 is 11.8 Å². The topological polar surface area (TPSA) is 83.7 Å². The third kappa shape index (κ3) is 4.11. The molecule has 25 heavy (non-hydrogen) atoms. The van der Waals surface area contributed by atoms with Gasteiger partial charge in [0.15, 0.2) is 0 Å². The van der Waals surface area contributed by atoms with Crippen LogP contribution in [-0.2, 0) is 16.1 Å². The molecule has 1 aromatic heterocycles. The van der Waals surface area contributed by atoms with Crippen LogP contribution in [0.3, 0.4) is 0 Å². The summed E-state index contributed by atoms with van der Waals surface area (Å²) in [6, 6.07) is 17.3. The van der Waals surface area contributed by atoms with Crippen LogP contribution in [0, 0.1) is 0 Å². The van der Waals surface area contributed by atoms with Crippen molar-refractivity contribution < 1.29 is 14.0 Å². The van der Waals surface area contributed by atoms with Gasteiger partial charge in [0.05, 0.1) is 18.5 Å². The first-order valence-corrected chi connectivity index (χ1v) is 7.77. The number of nitrogens with zero attached hydrogens (tertiary/aromatic N) is 1. The van der Waals surface area contributed by atoms with Crippen molar-refractivity contribution >= 4 is 28.3 Å². The summed E-state index contributed by atoms with van der Waals surface area (Å²) < 4.78 is 5.08. The third-order valence-corrected chi connectivity index (χ3v) is 3.70. The highest BCUT2D eigenvalue weighted by molar-refractivity contribution is 6.35. The second-order valence-corrected chi connectivity index (χ2v) is 5.46. The highest BCUT2D eigenvalue weighted by Crippen LogP contribution is 2.16. The number of hydrogen-bond acceptors (Lipinski definition) is 4. The lowest BCUT2D eigenvalue weighted by Crippen LogP contribution is -2.37. The van der Waals surface area contributed by atoms with Crippen molar-refractivity contribution in [2.75, 3.05) is 0 Å². The number of benzene rings is 2. The predicted molar refractivity (Wildman–Crippen MR) is 94.9 cm³/mol. The fraction of sp³-hybridized carbons (Fsp3) is 0.105. The third-order valence-electron chi connectivity index (χ3n) is 3.70. The summed E-state index contributed by atoms with van der Waals surface area (Å²) in [6.07, 6.45) is 1.50. The van der Waals surface area contributed by atoms with Gasteiger partial charge in [0.2, 0.25) is 0 Å². The zero-order valence-corrected chi connectivity index (χ0v) is 13.7. The molecule has 0 saturated heterocycles. The summed E-state index contributed by atoms with van der Waals surface area (Å²) in [5.74, 6) is -1.03. The molecule has 0 aliphatic heterocycles. The number of nitrogens with one attached hydrogen (secondary N) is 2. The van der Waals surface area contributed by atoms with Crippen LogP contribution in [0.5, 0.6) is 0 Å². The van der Waals surface area contributed by atoms with Crippen LogP contribution in [0.15, 0.2) is 70.4 Å². The normalized spacial score (nSPS) is 11.3. The van der Waals surface area contributed by atoms with Gasteiger partial charge >= 0.3 is 11.8 Å². The van der Waals surface area contributed by atoms with E-state index >= 15 is 0 Å². The molecular weight excluding hydrogens is 318 g/mol. The Kier molecular flexibility index (Phi) is 4.89. The Balaban J connectivity index is 1.61. The van der Waals surface area contributed by atoms with E-state index in [9.17, 15) is 9.59 Å². The molecule has 3 aromatic rings. The molecule has 0 unspecified atom stereocenters. The minimum atomic E-state index is -0.827. The Hall–Kier alpha value is -3.41. The Morgan fingerprint density at radius 2 is 1.80 bits per heavy atom. The Morgan fingerprint density at radius 1 is 1.00 bits per heavy atom. The first kappa shape index (κ1) is 16.4. The standard InChI is InChI=1S/C19H17N3O3/c1-13(15-9-8-14-5-2-3-6-16(14)11-15)21-22-19(24)18(23)20-12-17-7-4-10-25-17/h2-11H,12H2,1H3,(H,20,23)(H,22,24)/b21-13-. The van der Waals surface area contributed by atoms with E-state index in [0.717, 1.165) is 16.3 Å². The summed E-state index contributed by atoms with van der Waals surface area (Å²) >= 11 is 0. The Bertz CT molecular complexity index is 930. The van der Waals surface area contributed by atoms with Crippen LogP contribution in [-0.4, -0.2) is 17.5 Å². The number of hydrogen-bond donors (Lipinski definition) is 2. The van der Waals surface area contributed by atoms with Crippen molar-refractivity contribution in [1.82, 2.24) is 10.7 Å². The summed E-state index contributed by atoms with van der Waals surface area (Å²) in [6.45, 7) is 1.91. The van der Waals surface area contributed by atoms with Gasteiger partial charge in [-0.1, -0.05) is 36.4 Å². The van der Waals surface area contributed by atoms with Crippen LogP contribution in [0.1, 0.15) is 18.2 Å². The molecule has 0 atom stereocenters. The number of carbonyl (C=O) groups excluding carboxylic acids is 2. The maximum Gasteiger partial charge on any atom is 0.329 e. The SMILES string of the molecule is C/C(=N/NC(=O)C(=O)NCc1ccco1)c1ccc2ccccc2c1. The molecule has 3 rings (SSSR count). The molecule has 0 radical (unpaired) electrons. The molecule has 6 heteroatoms. The molecule has 0 fully saturated rings. The first-order chi connectivity index (χ1) is 12.1.